The van der Waals surface area contributed by atoms with Gasteiger partial charge in [0.25, 0.3) is 0 Å². The van der Waals surface area contributed by atoms with Gasteiger partial charge in [0.2, 0.25) is 0 Å². The number of nitrogens with one attached hydrogen (secondary N) is 1. The van der Waals surface area contributed by atoms with E-state index >= 15 is 0 Å². The quantitative estimate of drug-likeness (QED) is 0.902. The highest BCUT2D eigenvalue weighted by Gasteiger charge is 2.32. The normalized spacial score (nSPS) is 27.5. The summed E-state index contributed by atoms with van der Waals surface area (Å²) in [7, 11) is 0. The number of aromatic nitrogens is 1. The van der Waals surface area contributed by atoms with E-state index in [2.05, 4.69) is 22.1 Å². The number of halogens is 1. The molecule has 3 atom stereocenters. The molecule has 0 radical (unpaired) electrons. The van der Waals surface area contributed by atoms with Crippen LogP contribution >= 0.6 is 0 Å². The van der Waals surface area contributed by atoms with Crippen LogP contribution < -0.4 is 5.32 Å². The van der Waals surface area contributed by atoms with Crippen molar-refractivity contribution in [2.45, 2.75) is 44.4 Å². The molecule has 0 saturated carbocycles. The van der Waals surface area contributed by atoms with Gasteiger partial charge in [0.15, 0.2) is 0 Å². The van der Waals surface area contributed by atoms with E-state index in [4.69, 9.17) is 4.74 Å². The maximum absolute atomic E-state index is 12.9. The number of hydrogen-bond acceptors (Lipinski definition) is 4. The fourth-order valence-electron chi connectivity index (χ4n) is 3.33. The molecule has 2 fully saturated rings. The van der Waals surface area contributed by atoms with Crippen molar-refractivity contribution in [3.63, 3.8) is 0 Å². The van der Waals surface area contributed by atoms with Crippen LogP contribution in [0, 0.1) is 5.82 Å². The first-order chi connectivity index (χ1) is 10.3. The summed E-state index contributed by atoms with van der Waals surface area (Å²) in [5.74, 6) is -0.288. The standard InChI is InChI=1S/C16H24FN3O/c1-2-15(16-6-5-12(17)8-18-16)19-9-14-10-20-7-3-4-13(20)11-21-14/h5-6,8,13-15,19H,2-4,7,9-11H2,1H3. The van der Waals surface area contributed by atoms with Crippen LogP contribution in [0.25, 0.3) is 0 Å². The van der Waals surface area contributed by atoms with Crippen LogP contribution in [0.15, 0.2) is 18.3 Å². The van der Waals surface area contributed by atoms with E-state index in [1.54, 1.807) is 6.07 Å². The van der Waals surface area contributed by atoms with Gasteiger partial charge in [-0.05, 0) is 37.9 Å². The summed E-state index contributed by atoms with van der Waals surface area (Å²) < 4.78 is 18.9. The lowest BCUT2D eigenvalue weighted by Gasteiger charge is -2.35. The molecule has 0 aromatic carbocycles. The lowest BCUT2D eigenvalue weighted by molar-refractivity contribution is -0.0479. The lowest BCUT2D eigenvalue weighted by atomic mass is 10.1. The molecule has 2 saturated heterocycles. The van der Waals surface area contributed by atoms with Crippen molar-refractivity contribution in [1.29, 1.82) is 0 Å². The molecular formula is C16H24FN3O. The second-order valence-electron chi connectivity index (χ2n) is 6.02. The molecule has 0 spiro atoms. The molecule has 0 amide bonds. The fraction of sp³-hybridized carbons (Fsp3) is 0.688. The Balaban J connectivity index is 1.52. The third kappa shape index (κ3) is 3.59. The first-order valence-electron chi connectivity index (χ1n) is 7.96. The number of rotatable bonds is 5. The Labute approximate surface area is 125 Å². The van der Waals surface area contributed by atoms with Gasteiger partial charge in [-0.3, -0.25) is 9.88 Å². The van der Waals surface area contributed by atoms with Crippen molar-refractivity contribution in [2.75, 3.05) is 26.2 Å². The Kier molecular flexibility index (Phi) is 4.83. The summed E-state index contributed by atoms with van der Waals surface area (Å²) in [5, 5.41) is 3.52. The second-order valence-corrected chi connectivity index (χ2v) is 6.02. The third-order valence-corrected chi connectivity index (χ3v) is 4.57. The molecule has 4 nitrogen and oxygen atoms in total. The predicted molar refractivity (Wildman–Crippen MR) is 79.6 cm³/mol. The first-order valence-corrected chi connectivity index (χ1v) is 7.96. The summed E-state index contributed by atoms with van der Waals surface area (Å²) in [5.41, 5.74) is 0.897. The average Bonchev–Trinajstić information content (AvgIpc) is 2.97. The van der Waals surface area contributed by atoms with Crippen molar-refractivity contribution in [1.82, 2.24) is 15.2 Å². The molecular weight excluding hydrogens is 269 g/mol. The molecule has 5 heteroatoms. The molecule has 3 heterocycles. The van der Waals surface area contributed by atoms with Gasteiger partial charge in [-0.15, -0.1) is 0 Å². The molecule has 2 aliphatic heterocycles. The summed E-state index contributed by atoms with van der Waals surface area (Å²) in [6, 6.07) is 4.03. The minimum Gasteiger partial charge on any atom is -0.374 e. The van der Waals surface area contributed by atoms with Gasteiger partial charge < -0.3 is 10.1 Å². The van der Waals surface area contributed by atoms with Gasteiger partial charge >= 0.3 is 0 Å². The smallest absolute Gasteiger partial charge is 0.141 e. The number of pyridine rings is 1. The van der Waals surface area contributed by atoms with Gasteiger partial charge in [0, 0.05) is 25.2 Å². The molecule has 3 rings (SSSR count). The largest absolute Gasteiger partial charge is 0.374 e. The van der Waals surface area contributed by atoms with Crippen molar-refractivity contribution < 1.29 is 9.13 Å². The van der Waals surface area contributed by atoms with E-state index < -0.39 is 0 Å². The SMILES string of the molecule is CCC(NCC1CN2CCCC2CO1)c1ccc(F)cn1. The Morgan fingerprint density at radius 3 is 3.19 bits per heavy atom. The van der Waals surface area contributed by atoms with Crippen LogP contribution in [0.1, 0.15) is 37.9 Å². The monoisotopic (exact) mass is 293 g/mol. The van der Waals surface area contributed by atoms with Crippen molar-refractivity contribution >= 4 is 0 Å². The highest BCUT2D eigenvalue weighted by molar-refractivity contribution is 5.09. The second kappa shape index (κ2) is 6.81. The zero-order valence-electron chi connectivity index (χ0n) is 12.6. The molecule has 1 aromatic heterocycles. The Morgan fingerprint density at radius 2 is 2.43 bits per heavy atom. The summed E-state index contributed by atoms with van der Waals surface area (Å²) >= 11 is 0. The van der Waals surface area contributed by atoms with Crippen LogP contribution in [-0.4, -0.2) is 48.3 Å². The van der Waals surface area contributed by atoms with E-state index in [-0.39, 0.29) is 18.0 Å². The van der Waals surface area contributed by atoms with Crippen molar-refractivity contribution in [3.05, 3.63) is 29.8 Å². The topological polar surface area (TPSA) is 37.4 Å². The number of hydrogen-bond donors (Lipinski definition) is 1. The van der Waals surface area contributed by atoms with Crippen LogP contribution in [0.5, 0.6) is 0 Å². The van der Waals surface area contributed by atoms with Crippen LogP contribution in [-0.2, 0) is 4.74 Å². The maximum Gasteiger partial charge on any atom is 0.141 e. The number of nitrogens with zero attached hydrogens (tertiary/aromatic N) is 2. The average molecular weight is 293 g/mol. The number of morpholine rings is 1. The summed E-state index contributed by atoms with van der Waals surface area (Å²) in [6.07, 6.45) is 5.03. The zero-order chi connectivity index (χ0) is 14.7. The maximum atomic E-state index is 12.9. The van der Waals surface area contributed by atoms with E-state index in [1.165, 1.54) is 31.6 Å². The van der Waals surface area contributed by atoms with Crippen LogP contribution in [0.3, 0.4) is 0 Å². The minimum atomic E-state index is -0.288. The molecule has 2 aliphatic rings. The highest BCUT2D eigenvalue weighted by atomic mass is 19.1. The zero-order valence-corrected chi connectivity index (χ0v) is 12.6. The van der Waals surface area contributed by atoms with E-state index in [9.17, 15) is 4.39 Å². The Bertz CT molecular complexity index is 453. The van der Waals surface area contributed by atoms with E-state index in [0.29, 0.717) is 6.04 Å². The molecule has 1 N–H and O–H groups in total. The first kappa shape index (κ1) is 14.9. The lowest BCUT2D eigenvalue weighted by Crippen LogP contribution is -2.49. The van der Waals surface area contributed by atoms with Gasteiger partial charge in [-0.25, -0.2) is 4.39 Å². The van der Waals surface area contributed by atoms with E-state index in [1.807, 2.05) is 0 Å². The van der Waals surface area contributed by atoms with Crippen molar-refractivity contribution in [3.8, 4) is 0 Å². The Hall–Kier alpha value is -1.04. The van der Waals surface area contributed by atoms with Gasteiger partial charge in [-0.1, -0.05) is 6.92 Å². The molecule has 1 aromatic rings. The number of ether oxygens (including phenoxy) is 1. The van der Waals surface area contributed by atoms with Crippen LogP contribution in [0.2, 0.25) is 0 Å². The molecule has 0 aliphatic carbocycles. The molecule has 0 bridgehead atoms. The van der Waals surface area contributed by atoms with Gasteiger partial charge in [-0.2, -0.15) is 0 Å². The molecule has 21 heavy (non-hydrogen) atoms. The van der Waals surface area contributed by atoms with Gasteiger partial charge in [0.05, 0.1) is 24.6 Å². The summed E-state index contributed by atoms with van der Waals surface area (Å²) in [4.78, 5) is 6.73. The minimum absolute atomic E-state index is 0.158. The summed E-state index contributed by atoms with van der Waals surface area (Å²) in [6.45, 7) is 6.02. The van der Waals surface area contributed by atoms with Crippen LogP contribution in [0.4, 0.5) is 4.39 Å². The fourth-order valence-corrected chi connectivity index (χ4v) is 3.33. The van der Waals surface area contributed by atoms with Gasteiger partial charge in [0.1, 0.15) is 5.82 Å². The van der Waals surface area contributed by atoms with E-state index in [0.717, 1.165) is 31.8 Å². The predicted octanol–water partition coefficient (Wildman–Crippen LogP) is 2.12. The Morgan fingerprint density at radius 1 is 1.52 bits per heavy atom. The van der Waals surface area contributed by atoms with Crippen molar-refractivity contribution in [2.24, 2.45) is 0 Å². The molecule has 116 valence electrons. The highest BCUT2D eigenvalue weighted by Crippen LogP contribution is 2.23. The third-order valence-electron chi connectivity index (χ3n) is 4.57. The number of fused-ring (bicyclic) bond motifs is 1. The molecule has 3 unspecified atom stereocenters.